The van der Waals surface area contributed by atoms with Crippen LogP contribution in [0.2, 0.25) is 0 Å². The second kappa shape index (κ2) is 7.91. The molecule has 3 heteroatoms. The van der Waals surface area contributed by atoms with Crippen molar-refractivity contribution in [3.8, 4) is 0 Å². The molecule has 3 nitrogen and oxygen atoms in total. The Bertz CT molecular complexity index is 604. The number of nitrogens with one attached hydrogen (secondary N) is 1. The molecule has 0 radical (unpaired) electrons. The van der Waals surface area contributed by atoms with Gasteiger partial charge < -0.3 is 5.32 Å². The van der Waals surface area contributed by atoms with E-state index in [0.29, 0.717) is 18.4 Å². The topological polar surface area (TPSA) is 42.0 Å². The number of hydrogen-bond donors (Lipinski definition) is 1. The van der Waals surface area contributed by atoms with Gasteiger partial charge in [0.2, 0.25) is 5.91 Å². The number of carbonyl (C=O) groups is 1. The van der Waals surface area contributed by atoms with Crippen LogP contribution in [-0.2, 0) is 11.2 Å². The van der Waals surface area contributed by atoms with Crippen LogP contribution in [0, 0.1) is 0 Å². The Morgan fingerprint density at radius 1 is 1.04 bits per heavy atom. The van der Waals surface area contributed by atoms with Crippen LogP contribution in [0.3, 0.4) is 0 Å². The molecule has 1 heterocycles. The predicted molar refractivity (Wildman–Crippen MR) is 92.1 cm³/mol. The molecule has 0 bridgehead atoms. The highest BCUT2D eigenvalue weighted by molar-refractivity contribution is 5.76. The number of benzene rings is 1. The van der Waals surface area contributed by atoms with Crippen molar-refractivity contribution in [2.75, 3.05) is 0 Å². The number of pyridine rings is 1. The average molecular weight is 308 g/mol. The lowest BCUT2D eigenvalue weighted by molar-refractivity contribution is -0.122. The molecular weight excluding hydrogens is 284 g/mol. The molecule has 1 aromatic carbocycles. The highest BCUT2D eigenvalue weighted by Crippen LogP contribution is 2.32. The van der Waals surface area contributed by atoms with Gasteiger partial charge in [-0.15, -0.1) is 0 Å². The van der Waals surface area contributed by atoms with E-state index in [0.717, 1.165) is 37.7 Å². The fraction of sp³-hybridized carbons (Fsp3) is 0.400. The van der Waals surface area contributed by atoms with Crippen molar-refractivity contribution in [1.82, 2.24) is 10.3 Å². The summed E-state index contributed by atoms with van der Waals surface area (Å²) in [5.74, 6) is 0.816. The molecule has 1 saturated carbocycles. The summed E-state index contributed by atoms with van der Waals surface area (Å²) >= 11 is 0. The van der Waals surface area contributed by atoms with E-state index < -0.39 is 0 Å². The first-order valence-electron chi connectivity index (χ1n) is 8.54. The number of hydrogen-bond acceptors (Lipinski definition) is 2. The lowest BCUT2D eigenvalue weighted by Crippen LogP contribution is -2.37. The largest absolute Gasteiger partial charge is 0.353 e. The van der Waals surface area contributed by atoms with Crippen molar-refractivity contribution in [2.45, 2.75) is 50.5 Å². The summed E-state index contributed by atoms with van der Waals surface area (Å²) in [6, 6.07) is 15.0. The zero-order valence-corrected chi connectivity index (χ0v) is 13.4. The van der Waals surface area contributed by atoms with Crippen LogP contribution >= 0.6 is 0 Å². The van der Waals surface area contributed by atoms with E-state index in [2.05, 4.69) is 40.6 Å². The zero-order chi connectivity index (χ0) is 15.9. The van der Waals surface area contributed by atoms with E-state index in [1.807, 2.05) is 18.3 Å². The third kappa shape index (κ3) is 4.65. The molecule has 1 fully saturated rings. The summed E-state index contributed by atoms with van der Waals surface area (Å²) in [4.78, 5) is 16.2. The zero-order valence-electron chi connectivity index (χ0n) is 13.4. The number of amides is 1. The second-order valence-electron chi connectivity index (χ2n) is 6.39. The van der Waals surface area contributed by atoms with Gasteiger partial charge in [-0.1, -0.05) is 36.4 Å². The summed E-state index contributed by atoms with van der Waals surface area (Å²) < 4.78 is 0. The quantitative estimate of drug-likeness (QED) is 0.911. The highest BCUT2D eigenvalue weighted by Gasteiger charge is 2.23. The van der Waals surface area contributed by atoms with Crippen molar-refractivity contribution < 1.29 is 4.79 Å². The maximum Gasteiger partial charge on any atom is 0.220 e. The first kappa shape index (κ1) is 15.7. The van der Waals surface area contributed by atoms with Crippen LogP contribution in [0.4, 0.5) is 0 Å². The van der Waals surface area contributed by atoms with Crippen molar-refractivity contribution >= 4 is 5.91 Å². The van der Waals surface area contributed by atoms with Crippen LogP contribution in [0.25, 0.3) is 0 Å². The Kier molecular flexibility index (Phi) is 5.41. The number of aryl methyl sites for hydroxylation is 1. The van der Waals surface area contributed by atoms with Gasteiger partial charge >= 0.3 is 0 Å². The normalized spacial score (nSPS) is 20.9. The van der Waals surface area contributed by atoms with Crippen molar-refractivity contribution in [3.63, 3.8) is 0 Å². The smallest absolute Gasteiger partial charge is 0.220 e. The molecule has 1 N–H and O–H groups in total. The Morgan fingerprint density at radius 2 is 1.83 bits per heavy atom. The van der Waals surface area contributed by atoms with Gasteiger partial charge in [-0.05, 0) is 55.2 Å². The van der Waals surface area contributed by atoms with E-state index in [9.17, 15) is 4.79 Å². The predicted octanol–water partition coefficient (Wildman–Crippen LogP) is 3.86. The molecule has 120 valence electrons. The first-order valence-corrected chi connectivity index (χ1v) is 8.54. The van der Waals surface area contributed by atoms with Gasteiger partial charge in [0, 0.05) is 24.9 Å². The number of rotatable bonds is 5. The molecule has 1 amide bonds. The number of carbonyl (C=O) groups excluding carboxylic acids is 1. The Hall–Kier alpha value is -2.16. The first-order chi connectivity index (χ1) is 11.3. The van der Waals surface area contributed by atoms with Gasteiger partial charge in [-0.25, -0.2) is 0 Å². The Balaban J connectivity index is 1.41. The minimum Gasteiger partial charge on any atom is -0.353 e. The van der Waals surface area contributed by atoms with E-state index >= 15 is 0 Å². The van der Waals surface area contributed by atoms with Gasteiger partial charge in [-0.3, -0.25) is 9.78 Å². The van der Waals surface area contributed by atoms with Crippen LogP contribution in [-0.4, -0.2) is 16.9 Å². The SMILES string of the molecule is O=C(CCc1cccnc1)NC1CCC(c2ccccc2)CC1. The third-order valence-electron chi connectivity index (χ3n) is 4.73. The maximum absolute atomic E-state index is 12.1. The number of aromatic nitrogens is 1. The molecule has 0 saturated heterocycles. The van der Waals surface area contributed by atoms with Crippen LogP contribution in [0.1, 0.15) is 49.1 Å². The van der Waals surface area contributed by atoms with E-state index in [4.69, 9.17) is 0 Å². The van der Waals surface area contributed by atoms with Crippen molar-refractivity contribution in [2.24, 2.45) is 0 Å². The molecule has 1 aliphatic carbocycles. The monoisotopic (exact) mass is 308 g/mol. The molecular formula is C20H24N2O. The second-order valence-corrected chi connectivity index (χ2v) is 6.39. The Morgan fingerprint density at radius 3 is 2.52 bits per heavy atom. The molecule has 1 aliphatic rings. The standard InChI is InChI=1S/C20H24N2O/c23-20(13-8-16-5-4-14-21-15-16)22-19-11-9-18(10-12-19)17-6-2-1-3-7-17/h1-7,14-15,18-19H,8-13H2,(H,22,23). The molecule has 23 heavy (non-hydrogen) atoms. The van der Waals surface area contributed by atoms with Gasteiger partial charge in [0.1, 0.15) is 0 Å². The molecule has 3 rings (SSSR count). The van der Waals surface area contributed by atoms with Crippen molar-refractivity contribution in [3.05, 3.63) is 66.0 Å². The van der Waals surface area contributed by atoms with Gasteiger partial charge in [0.05, 0.1) is 0 Å². The van der Waals surface area contributed by atoms with Gasteiger partial charge in [-0.2, -0.15) is 0 Å². The Labute approximate surface area is 138 Å². The molecule has 0 atom stereocenters. The minimum atomic E-state index is 0.164. The molecule has 0 aliphatic heterocycles. The summed E-state index contributed by atoms with van der Waals surface area (Å²) in [7, 11) is 0. The lowest BCUT2D eigenvalue weighted by atomic mass is 9.82. The summed E-state index contributed by atoms with van der Waals surface area (Å²) in [5, 5.41) is 3.20. The summed E-state index contributed by atoms with van der Waals surface area (Å²) in [6.07, 6.45) is 9.39. The van der Waals surface area contributed by atoms with Crippen molar-refractivity contribution in [1.29, 1.82) is 0 Å². The number of nitrogens with zero attached hydrogens (tertiary/aromatic N) is 1. The maximum atomic E-state index is 12.1. The average Bonchev–Trinajstić information content (AvgIpc) is 2.62. The summed E-state index contributed by atoms with van der Waals surface area (Å²) in [5.41, 5.74) is 2.56. The molecule has 1 aromatic heterocycles. The summed E-state index contributed by atoms with van der Waals surface area (Å²) in [6.45, 7) is 0. The molecule has 0 unspecified atom stereocenters. The van der Waals surface area contributed by atoms with Crippen LogP contribution in [0.5, 0.6) is 0 Å². The van der Waals surface area contributed by atoms with Gasteiger partial charge in [0.15, 0.2) is 0 Å². The van der Waals surface area contributed by atoms with Gasteiger partial charge in [0.25, 0.3) is 0 Å². The van der Waals surface area contributed by atoms with E-state index in [-0.39, 0.29) is 5.91 Å². The highest BCUT2D eigenvalue weighted by atomic mass is 16.1. The van der Waals surface area contributed by atoms with Crippen LogP contribution in [0.15, 0.2) is 54.9 Å². The fourth-order valence-electron chi connectivity index (χ4n) is 3.40. The lowest BCUT2D eigenvalue weighted by Gasteiger charge is -2.29. The van der Waals surface area contributed by atoms with E-state index in [1.165, 1.54) is 5.56 Å². The molecule has 2 aromatic rings. The minimum absolute atomic E-state index is 0.164. The fourth-order valence-corrected chi connectivity index (χ4v) is 3.40. The van der Waals surface area contributed by atoms with E-state index in [1.54, 1.807) is 6.20 Å². The van der Waals surface area contributed by atoms with Crippen LogP contribution < -0.4 is 5.32 Å². The third-order valence-corrected chi connectivity index (χ3v) is 4.73. The molecule has 0 spiro atoms.